The Morgan fingerprint density at radius 1 is 1.24 bits per heavy atom. The Morgan fingerprint density at radius 2 is 1.96 bits per heavy atom. The van der Waals surface area contributed by atoms with E-state index in [1.54, 1.807) is 0 Å². The molecule has 2 heterocycles. The van der Waals surface area contributed by atoms with Gasteiger partial charge in [0.1, 0.15) is 0 Å². The number of carbonyl (C=O) groups excluding carboxylic acids is 1. The SMILES string of the molecule is CCNC(=NCC(C)CN1CCCC1)NC1CCN(C(=O)CC)C1.I. The number of aliphatic imine (C=N–C) groups is 1. The topological polar surface area (TPSA) is 60.0 Å². The van der Waals surface area contributed by atoms with Crippen LogP contribution >= 0.6 is 24.0 Å². The summed E-state index contributed by atoms with van der Waals surface area (Å²) in [6, 6.07) is 0.312. The van der Waals surface area contributed by atoms with Crippen LogP contribution < -0.4 is 10.6 Å². The molecule has 0 aromatic rings. The van der Waals surface area contributed by atoms with E-state index in [2.05, 4.69) is 29.4 Å². The van der Waals surface area contributed by atoms with Crippen molar-refractivity contribution in [3.63, 3.8) is 0 Å². The molecular weight excluding hydrogens is 429 g/mol. The van der Waals surface area contributed by atoms with Gasteiger partial charge in [-0.25, -0.2) is 0 Å². The number of nitrogens with one attached hydrogen (secondary N) is 2. The minimum Gasteiger partial charge on any atom is -0.357 e. The first-order valence-electron chi connectivity index (χ1n) is 9.67. The second kappa shape index (κ2) is 11.9. The summed E-state index contributed by atoms with van der Waals surface area (Å²) in [6.45, 7) is 13.3. The summed E-state index contributed by atoms with van der Waals surface area (Å²) >= 11 is 0. The molecule has 7 heteroatoms. The lowest BCUT2D eigenvalue weighted by atomic mass is 10.2. The summed E-state index contributed by atoms with van der Waals surface area (Å²) in [7, 11) is 0. The van der Waals surface area contributed by atoms with Gasteiger partial charge in [0.2, 0.25) is 5.91 Å². The number of likely N-dealkylation sites (tertiary alicyclic amines) is 2. The molecule has 2 fully saturated rings. The first-order valence-corrected chi connectivity index (χ1v) is 9.67. The maximum Gasteiger partial charge on any atom is 0.222 e. The third-order valence-corrected chi connectivity index (χ3v) is 4.86. The first kappa shape index (κ1) is 22.5. The fourth-order valence-corrected chi connectivity index (χ4v) is 3.55. The van der Waals surface area contributed by atoms with E-state index in [1.807, 2.05) is 11.8 Å². The summed E-state index contributed by atoms with van der Waals surface area (Å²) in [5.74, 6) is 1.71. The molecule has 25 heavy (non-hydrogen) atoms. The maximum absolute atomic E-state index is 11.8. The van der Waals surface area contributed by atoms with Crippen LogP contribution in [0.4, 0.5) is 0 Å². The molecule has 2 aliphatic heterocycles. The van der Waals surface area contributed by atoms with Gasteiger partial charge in [-0.3, -0.25) is 9.79 Å². The molecule has 2 unspecified atom stereocenters. The van der Waals surface area contributed by atoms with Gasteiger partial charge in [-0.2, -0.15) is 0 Å². The van der Waals surface area contributed by atoms with Crippen LogP contribution in [0, 0.1) is 5.92 Å². The maximum atomic E-state index is 11.8. The molecule has 2 atom stereocenters. The molecule has 6 nitrogen and oxygen atoms in total. The van der Waals surface area contributed by atoms with E-state index < -0.39 is 0 Å². The van der Waals surface area contributed by atoms with Crippen molar-refractivity contribution in [3.8, 4) is 0 Å². The van der Waals surface area contributed by atoms with Crippen LogP contribution in [-0.2, 0) is 4.79 Å². The lowest BCUT2D eigenvalue weighted by molar-refractivity contribution is -0.129. The number of guanidine groups is 1. The molecule has 2 N–H and O–H groups in total. The van der Waals surface area contributed by atoms with Crippen LogP contribution in [0.25, 0.3) is 0 Å². The number of amides is 1. The number of hydrogen-bond donors (Lipinski definition) is 2. The van der Waals surface area contributed by atoms with Gasteiger partial charge in [0, 0.05) is 45.2 Å². The zero-order chi connectivity index (χ0) is 17.4. The van der Waals surface area contributed by atoms with Crippen molar-refractivity contribution in [2.75, 3.05) is 45.8 Å². The Bertz CT molecular complexity index is 426. The fraction of sp³-hybridized carbons (Fsp3) is 0.889. The minimum atomic E-state index is 0. The van der Waals surface area contributed by atoms with E-state index in [0.717, 1.165) is 45.1 Å². The van der Waals surface area contributed by atoms with Gasteiger partial charge in [0.25, 0.3) is 0 Å². The summed E-state index contributed by atoms with van der Waals surface area (Å²) < 4.78 is 0. The predicted octanol–water partition coefficient (Wildman–Crippen LogP) is 1.90. The molecule has 0 saturated carbocycles. The molecule has 0 bridgehead atoms. The van der Waals surface area contributed by atoms with Crippen LogP contribution in [0.2, 0.25) is 0 Å². The van der Waals surface area contributed by atoms with Gasteiger partial charge in [-0.15, -0.1) is 24.0 Å². The van der Waals surface area contributed by atoms with E-state index in [-0.39, 0.29) is 29.9 Å². The second-order valence-corrected chi connectivity index (χ2v) is 7.16. The fourth-order valence-electron chi connectivity index (χ4n) is 3.55. The Labute approximate surface area is 170 Å². The average molecular weight is 465 g/mol. The monoisotopic (exact) mass is 465 g/mol. The Morgan fingerprint density at radius 3 is 2.60 bits per heavy atom. The number of nitrogens with zero attached hydrogens (tertiary/aromatic N) is 3. The van der Waals surface area contributed by atoms with Gasteiger partial charge in [-0.05, 0) is 45.2 Å². The van der Waals surface area contributed by atoms with Crippen LogP contribution in [0.15, 0.2) is 4.99 Å². The standard InChI is InChI=1S/C18H35N5O.HI/c1-4-17(24)23-11-8-16(14-23)21-18(19-5-2)20-12-15(3)13-22-9-6-7-10-22;/h15-16H,4-14H2,1-3H3,(H2,19,20,21);1H. The number of halogens is 1. The molecule has 2 rings (SSSR count). The van der Waals surface area contributed by atoms with Crippen LogP contribution in [-0.4, -0.2) is 73.5 Å². The van der Waals surface area contributed by atoms with Crippen molar-refractivity contribution in [1.82, 2.24) is 20.4 Å². The van der Waals surface area contributed by atoms with Gasteiger partial charge in [0.05, 0.1) is 0 Å². The number of hydrogen-bond acceptors (Lipinski definition) is 3. The Balaban J connectivity index is 0.00000312. The van der Waals surface area contributed by atoms with E-state index in [4.69, 9.17) is 4.99 Å². The summed E-state index contributed by atoms with van der Waals surface area (Å²) in [5.41, 5.74) is 0. The van der Waals surface area contributed by atoms with Crippen molar-refractivity contribution in [1.29, 1.82) is 0 Å². The summed E-state index contributed by atoms with van der Waals surface area (Å²) in [4.78, 5) is 21.1. The molecule has 0 aromatic heterocycles. The molecule has 0 aliphatic carbocycles. The molecule has 2 aliphatic rings. The normalized spacial score (nSPS) is 22.6. The molecule has 0 aromatic carbocycles. The largest absolute Gasteiger partial charge is 0.357 e. The van der Waals surface area contributed by atoms with Crippen molar-refractivity contribution < 1.29 is 4.79 Å². The minimum absolute atomic E-state index is 0. The highest BCUT2D eigenvalue weighted by Crippen LogP contribution is 2.11. The highest BCUT2D eigenvalue weighted by Gasteiger charge is 2.25. The highest BCUT2D eigenvalue weighted by molar-refractivity contribution is 14.0. The highest BCUT2D eigenvalue weighted by atomic mass is 127. The third kappa shape index (κ3) is 7.68. The zero-order valence-corrected chi connectivity index (χ0v) is 18.4. The lowest BCUT2D eigenvalue weighted by Crippen LogP contribution is -2.45. The first-order chi connectivity index (χ1) is 11.6. The molecular formula is C18H36IN5O. The van der Waals surface area contributed by atoms with E-state index >= 15 is 0 Å². The smallest absolute Gasteiger partial charge is 0.222 e. The number of rotatable bonds is 7. The van der Waals surface area contributed by atoms with Crippen molar-refractivity contribution in [2.24, 2.45) is 10.9 Å². The Hall–Kier alpha value is -0.570. The van der Waals surface area contributed by atoms with Crippen molar-refractivity contribution >= 4 is 35.8 Å². The zero-order valence-electron chi connectivity index (χ0n) is 16.1. The van der Waals surface area contributed by atoms with E-state index in [9.17, 15) is 4.79 Å². The van der Waals surface area contributed by atoms with Crippen LogP contribution in [0.1, 0.15) is 46.5 Å². The lowest BCUT2D eigenvalue weighted by Gasteiger charge is -2.21. The van der Waals surface area contributed by atoms with Gasteiger partial charge >= 0.3 is 0 Å². The average Bonchev–Trinajstić information content (AvgIpc) is 3.24. The number of carbonyl (C=O) groups is 1. The van der Waals surface area contributed by atoms with Crippen LogP contribution in [0.3, 0.4) is 0 Å². The Kier molecular flexibility index (Phi) is 10.7. The van der Waals surface area contributed by atoms with Gasteiger partial charge < -0.3 is 20.4 Å². The predicted molar refractivity (Wildman–Crippen MR) is 115 cm³/mol. The molecule has 0 spiro atoms. The van der Waals surface area contributed by atoms with Crippen molar-refractivity contribution in [3.05, 3.63) is 0 Å². The van der Waals surface area contributed by atoms with E-state index in [1.165, 1.54) is 25.9 Å². The second-order valence-electron chi connectivity index (χ2n) is 7.16. The van der Waals surface area contributed by atoms with E-state index in [0.29, 0.717) is 18.4 Å². The van der Waals surface area contributed by atoms with Gasteiger partial charge in [-0.1, -0.05) is 13.8 Å². The summed E-state index contributed by atoms with van der Waals surface area (Å²) in [6.07, 6.45) is 4.28. The molecule has 146 valence electrons. The quantitative estimate of drug-likeness (QED) is 0.343. The third-order valence-electron chi connectivity index (χ3n) is 4.86. The summed E-state index contributed by atoms with van der Waals surface area (Å²) in [5, 5.41) is 6.84. The molecule has 2 saturated heterocycles. The molecule has 1 amide bonds. The molecule has 0 radical (unpaired) electrons. The van der Waals surface area contributed by atoms with Gasteiger partial charge in [0.15, 0.2) is 5.96 Å². The van der Waals surface area contributed by atoms with Crippen molar-refractivity contribution in [2.45, 2.75) is 52.5 Å². The van der Waals surface area contributed by atoms with Crippen LogP contribution in [0.5, 0.6) is 0 Å².